The first-order valence-electron chi connectivity index (χ1n) is 6.45. The van der Waals surface area contributed by atoms with Crippen molar-refractivity contribution in [3.05, 3.63) is 29.6 Å². The van der Waals surface area contributed by atoms with Crippen LogP contribution >= 0.6 is 15.9 Å². The second kappa shape index (κ2) is 5.20. The minimum Gasteiger partial charge on any atom is -0.490 e. The van der Waals surface area contributed by atoms with Gasteiger partial charge in [0.05, 0.1) is 0 Å². The van der Waals surface area contributed by atoms with Gasteiger partial charge in [0, 0.05) is 17.3 Å². The Morgan fingerprint density at radius 2 is 2.22 bits per heavy atom. The summed E-state index contributed by atoms with van der Waals surface area (Å²) < 4.78 is 19.1. The summed E-state index contributed by atoms with van der Waals surface area (Å²) in [4.78, 5) is 0. The van der Waals surface area contributed by atoms with E-state index in [4.69, 9.17) is 4.74 Å². The van der Waals surface area contributed by atoms with Crippen molar-refractivity contribution in [1.29, 1.82) is 0 Å². The van der Waals surface area contributed by atoms with Gasteiger partial charge in [-0.1, -0.05) is 36.7 Å². The summed E-state index contributed by atoms with van der Waals surface area (Å²) in [7, 11) is 0. The van der Waals surface area contributed by atoms with E-state index in [0.717, 1.165) is 29.5 Å². The summed E-state index contributed by atoms with van der Waals surface area (Å²) >= 11 is 3.61. The first kappa shape index (κ1) is 13.9. The van der Waals surface area contributed by atoms with Crippen LogP contribution in [-0.2, 0) is 6.42 Å². The van der Waals surface area contributed by atoms with Crippen molar-refractivity contribution in [1.82, 2.24) is 0 Å². The average Bonchev–Trinajstić information content (AvgIpc) is 2.69. The van der Waals surface area contributed by atoms with Gasteiger partial charge in [-0.2, -0.15) is 0 Å². The SMILES string of the molecule is CC(C)C(C)(CBr)CC1Cc2cc(F)ccc2O1. The van der Waals surface area contributed by atoms with E-state index >= 15 is 0 Å². The van der Waals surface area contributed by atoms with Gasteiger partial charge in [0.2, 0.25) is 0 Å². The first-order chi connectivity index (χ1) is 8.44. The van der Waals surface area contributed by atoms with Gasteiger partial charge in [-0.3, -0.25) is 0 Å². The maximum Gasteiger partial charge on any atom is 0.123 e. The van der Waals surface area contributed by atoms with Crippen LogP contribution in [0.25, 0.3) is 0 Å². The third kappa shape index (κ3) is 2.71. The normalized spacial score (nSPS) is 21.6. The molecule has 1 aromatic carbocycles. The van der Waals surface area contributed by atoms with Crippen molar-refractivity contribution >= 4 is 15.9 Å². The molecular weight excluding hydrogens is 295 g/mol. The number of rotatable bonds is 4. The molecule has 1 aromatic rings. The van der Waals surface area contributed by atoms with Crippen LogP contribution in [0.3, 0.4) is 0 Å². The molecule has 100 valence electrons. The molecule has 0 spiro atoms. The maximum atomic E-state index is 13.2. The highest BCUT2D eigenvalue weighted by Crippen LogP contribution is 2.39. The molecule has 0 aromatic heterocycles. The van der Waals surface area contributed by atoms with Gasteiger partial charge in [0.1, 0.15) is 17.7 Å². The van der Waals surface area contributed by atoms with Crippen LogP contribution < -0.4 is 4.74 Å². The lowest BCUT2D eigenvalue weighted by Gasteiger charge is -2.34. The summed E-state index contributed by atoms with van der Waals surface area (Å²) in [5, 5.41) is 0.961. The van der Waals surface area contributed by atoms with E-state index in [-0.39, 0.29) is 17.3 Å². The fourth-order valence-electron chi connectivity index (χ4n) is 2.37. The predicted molar refractivity (Wildman–Crippen MR) is 75.9 cm³/mol. The molecule has 1 nitrogen and oxygen atoms in total. The quantitative estimate of drug-likeness (QED) is 0.739. The summed E-state index contributed by atoms with van der Waals surface area (Å²) in [6.07, 6.45) is 1.99. The fourth-order valence-corrected chi connectivity index (χ4v) is 3.24. The summed E-state index contributed by atoms with van der Waals surface area (Å²) in [5.74, 6) is 1.26. The molecule has 2 atom stereocenters. The van der Waals surface area contributed by atoms with Crippen molar-refractivity contribution in [2.75, 3.05) is 5.33 Å². The Hall–Kier alpha value is -0.570. The Kier molecular flexibility index (Phi) is 4.00. The zero-order chi connectivity index (χ0) is 13.3. The Balaban J connectivity index is 2.07. The zero-order valence-electron chi connectivity index (χ0n) is 11.2. The second-order valence-corrected chi connectivity index (χ2v) is 6.40. The molecule has 1 aliphatic rings. The van der Waals surface area contributed by atoms with E-state index in [2.05, 4.69) is 36.7 Å². The molecule has 0 bridgehead atoms. The van der Waals surface area contributed by atoms with Crippen molar-refractivity contribution in [2.45, 2.75) is 39.7 Å². The molecular formula is C15H20BrFO. The predicted octanol–water partition coefficient (Wildman–Crippen LogP) is 4.58. The molecule has 0 amide bonds. The van der Waals surface area contributed by atoms with Crippen LogP contribution in [0.15, 0.2) is 18.2 Å². The van der Waals surface area contributed by atoms with E-state index in [1.807, 2.05) is 0 Å². The number of ether oxygens (including phenoxy) is 1. The van der Waals surface area contributed by atoms with Gasteiger partial charge < -0.3 is 4.74 Å². The molecule has 0 fully saturated rings. The van der Waals surface area contributed by atoms with Crippen LogP contribution in [-0.4, -0.2) is 11.4 Å². The Morgan fingerprint density at radius 1 is 1.50 bits per heavy atom. The molecule has 0 saturated carbocycles. The molecule has 2 unspecified atom stereocenters. The molecule has 0 saturated heterocycles. The van der Waals surface area contributed by atoms with E-state index in [9.17, 15) is 4.39 Å². The molecule has 0 aliphatic carbocycles. The molecule has 2 rings (SSSR count). The topological polar surface area (TPSA) is 9.23 Å². The minimum atomic E-state index is -0.176. The van der Waals surface area contributed by atoms with Crippen molar-refractivity contribution < 1.29 is 9.13 Å². The molecule has 1 heterocycles. The number of hydrogen-bond donors (Lipinski definition) is 0. The van der Waals surface area contributed by atoms with Crippen molar-refractivity contribution in [3.63, 3.8) is 0 Å². The Bertz CT molecular complexity index is 433. The highest BCUT2D eigenvalue weighted by Gasteiger charge is 2.34. The highest BCUT2D eigenvalue weighted by molar-refractivity contribution is 9.09. The smallest absolute Gasteiger partial charge is 0.123 e. The lowest BCUT2D eigenvalue weighted by molar-refractivity contribution is 0.127. The lowest BCUT2D eigenvalue weighted by Crippen LogP contribution is -2.32. The van der Waals surface area contributed by atoms with Gasteiger partial charge in [-0.25, -0.2) is 4.39 Å². The van der Waals surface area contributed by atoms with E-state index in [1.54, 1.807) is 12.1 Å². The molecule has 18 heavy (non-hydrogen) atoms. The van der Waals surface area contributed by atoms with Crippen LogP contribution in [0, 0.1) is 17.2 Å². The summed E-state index contributed by atoms with van der Waals surface area (Å²) in [6, 6.07) is 4.80. The first-order valence-corrected chi connectivity index (χ1v) is 7.58. The van der Waals surface area contributed by atoms with Crippen molar-refractivity contribution in [3.8, 4) is 5.75 Å². The zero-order valence-corrected chi connectivity index (χ0v) is 12.8. The van der Waals surface area contributed by atoms with Gasteiger partial charge in [0.25, 0.3) is 0 Å². The summed E-state index contributed by atoms with van der Waals surface area (Å²) in [6.45, 7) is 6.76. The average molecular weight is 315 g/mol. The largest absolute Gasteiger partial charge is 0.490 e. The van der Waals surface area contributed by atoms with Crippen molar-refractivity contribution in [2.24, 2.45) is 11.3 Å². The molecule has 0 N–H and O–H groups in total. The fraction of sp³-hybridized carbons (Fsp3) is 0.600. The van der Waals surface area contributed by atoms with Gasteiger partial charge >= 0.3 is 0 Å². The molecule has 1 aliphatic heterocycles. The third-order valence-corrected chi connectivity index (χ3v) is 5.44. The minimum absolute atomic E-state index is 0.173. The van der Waals surface area contributed by atoms with Crippen LogP contribution in [0.1, 0.15) is 32.8 Å². The van der Waals surface area contributed by atoms with Crippen LogP contribution in [0.2, 0.25) is 0 Å². The lowest BCUT2D eigenvalue weighted by atomic mass is 9.76. The number of benzene rings is 1. The van der Waals surface area contributed by atoms with Gasteiger partial charge in [-0.15, -0.1) is 0 Å². The van der Waals surface area contributed by atoms with Gasteiger partial charge in [-0.05, 0) is 36.0 Å². The van der Waals surface area contributed by atoms with Crippen LogP contribution in [0.4, 0.5) is 4.39 Å². The number of halogens is 2. The van der Waals surface area contributed by atoms with Crippen LogP contribution in [0.5, 0.6) is 5.75 Å². The number of fused-ring (bicyclic) bond motifs is 1. The standard InChI is InChI=1S/C15H20BrFO/c1-10(2)15(3,9-16)8-13-7-11-6-12(17)4-5-14(11)18-13/h4-6,10,13H,7-9H2,1-3H3. The van der Waals surface area contributed by atoms with Gasteiger partial charge in [0.15, 0.2) is 0 Å². The number of hydrogen-bond acceptors (Lipinski definition) is 1. The van der Waals surface area contributed by atoms with E-state index in [1.165, 1.54) is 6.07 Å². The van der Waals surface area contributed by atoms with E-state index < -0.39 is 0 Å². The highest BCUT2D eigenvalue weighted by atomic mass is 79.9. The Labute approximate surface area is 117 Å². The Morgan fingerprint density at radius 3 is 2.83 bits per heavy atom. The maximum absolute atomic E-state index is 13.2. The second-order valence-electron chi connectivity index (χ2n) is 5.84. The summed E-state index contributed by atoms with van der Waals surface area (Å²) in [5.41, 5.74) is 1.21. The van der Waals surface area contributed by atoms with E-state index in [0.29, 0.717) is 5.92 Å². The molecule has 3 heteroatoms. The number of alkyl halides is 1. The molecule has 0 radical (unpaired) electrons. The monoisotopic (exact) mass is 314 g/mol. The third-order valence-electron chi connectivity index (χ3n) is 4.16.